The Morgan fingerprint density at radius 1 is 1.19 bits per heavy atom. The van der Waals surface area contributed by atoms with Gasteiger partial charge in [0.2, 0.25) is 0 Å². The van der Waals surface area contributed by atoms with Gasteiger partial charge in [-0.25, -0.2) is 15.0 Å². The minimum atomic E-state index is -0.483. The molecule has 0 spiro atoms. The number of pyridine rings is 1. The maximum absolute atomic E-state index is 12.7. The van der Waals surface area contributed by atoms with E-state index in [1.807, 2.05) is 12.1 Å². The molecule has 9 nitrogen and oxygen atoms in total. The van der Waals surface area contributed by atoms with Gasteiger partial charge in [-0.2, -0.15) is 5.10 Å². The van der Waals surface area contributed by atoms with Gasteiger partial charge in [0.15, 0.2) is 17.2 Å². The molecule has 3 heterocycles. The summed E-state index contributed by atoms with van der Waals surface area (Å²) in [4.78, 5) is 25.4. The van der Waals surface area contributed by atoms with E-state index in [2.05, 4.69) is 30.5 Å². The number of carbonyl (C=O) groups is 1. The third-order valence-corrected chi connectivity index (χ3v) is 3.96. The molecule has 0 bridgehead atoms. The molecule has 1 aromatic carbocycles. The Morgan fingerprint density at radius 2 is 2.04 bits per heavy atom. The van der Waals surface area contributed by atoms with Crippen molar-refractivity contribution in [1.29, 1.82) is 0 Å². The number of ether oxygens (including phenoxy) is 1. The van der Waals surface area contributed by atoms with Gasteiger partial charge in [-0.15, -0.1) is 0 Å². The van der Waals surface area contributed by atoms with Gasteiger partial charge in [0, 0.05) is 17.1 Å². The lowest BCUT2D eigenvalue weighted by molar-refractivity contribution is 0.102. The van der Waals surface area contributed by atoms with Crippen LogP contribution in [0.15, 0.2) is 48.9 Å². The fraction of sp³-hybridized carbons (Fsp3) is 0.0556. The predicted octanol–water partition coefficient (Wildman–Crippen LogP) is 2.26. The van der Waals surface area contributed by atoms with Crippen LogP contribution in [-0.4, -0.2) is 38.2 Å². The number of nitrogens with one attached hydrogen (secondary N) is 2. The molecule has 27 heavy (non-hydrogen) atoms. The number of amides is 1. The van der Waals surface area contributed by atoms with Gasteiger partial charge in [0.1, 0.15) is 5.75 Å². The number of aromatic amines is 1. The number of fused-ring (bicyclic) bond motifs is 1. The molecule has 0 saturated heterocycles. The van der Waals surface area contributed by atoms with Crippen molar-refractivity contribution >= 4 is 28.4 Å². The first kappa shape index (κ1) is 16.5. The van der Waals surface area contributed by atoms with E-state index >= 15 is 0 Å². The highest BCUT2D eigenvalue weighted by Crippen LogP contribution is 2.25. The Kier molecular flexibility index (Phi) is 4.09. The topological polar surface area (TPSA) is 132 Å². The highest BCUT2D eigenvalue weighted by Gasteiger charge is 2.17. The second-order valence-corrected chi connectivity index (χ2v) is 5.68. The number of rotatable bonds is 4. The van der Waals surface area contributed by atoms with Crippen molar-refractivity contribution in [2.24, 2.45) is 0 Å². The first-order valence-corrected chi connectivity index (χ1v) is 8.02. The molecule has 134 valence electrons. The SMILES string of the molecule is COc1ccccc1NC(=O)c1nc(-c2cnc3[nH]ncc3c2)cnc1N. The summed E-state index contributed by atoms with van der Waals surface area (Å²) in [5.74, 6) is 0.0790. The molecule has 0 unspecified atom stereocenters. The summed E-state index contributed by atoms with van der Waals surface area (Å²) in [7, 11) is 1.53. The van der Waals surface area contributed by atoms with Crippen LogP contribution in [0.3, 0.4) is 0 Å². The van der Waals surface area contributed by atoms with Crippen molar-refractivity contribution in [2.45, 2.75) is 0 Å². The zero-order chi connectivity index (χ0) is 18.8. The number of H-pyrrole nitrogens is 1. The Balaban J connectivity index is 1.68. The maximum Gasteiger partial charge on any atom is 0.278 e. The minimum Gasteiger partial charge on any atom is -0.495 e. The number of hydrogen-bond donors (Lipinski definition) is 3. The summed E-state index contributed by atoms with van der Waals surface area (Å²) >= 11 is 0. The van der Waals surface area contributed by atoms with E-state index in [0.29, 0.717) is 28.3 Å². The van der Waals surface area contributed by atoms with Crippen LogP contribution in [0.1, 0.15) is 10.5 Å². The van der Waals surface area contributed by atoms with Crippen LogP contribution in [0.5, 0.6) is 5.75 Å². The average Bonchev–Trinajstić information content (AvgIpc) is 3.16. The first-order chi connectivity index (χ1) is 13.2. The number of nitrogens with two attached hydrogens (primary N) is 1. The molecule has 4 rings (SSSR count). The van der Waals surface area contributed by atoms with Crippen molar-refractivity contribution in [3.63, 3.8) is 0 Å². The summed E-state index contributed by atoms with van der Waals surface area (Å²) in [5, 5.41) is 10.3. The summed E-state index contributed by atoms with van der Waals surface area (Å²) in [6, 6.07) is 8.92. The number of para-hydroxylation sites is 2. The molecule has 0 atom stereocenters. The van der Waals surface area contributed by atoms with E-state index < -0.39 is 5.91 Å². The monoisotopic (exact) mass is 361 g/mol. The Bertz CT molecular complexity index is 1140. The van der Waals surface area contributed by atoms with Crippen molar-refractivity contribution in [3.05, 3.63) is 54.6 Å². The van der Waals surface area contributed by atoms with E-state index in [1.165, 1.54) is 13.3 Å². The highest BCUT2D eigenvalue weighted by molar-refractivity contribution is 6.06. The number of nitrogens with zero attached hydrogens (tertiary/aromatic N) is 4. The van der Waals surface area contributed by atoms with Gasteiger partial charge < -0.3 is 15.8 Å². The van der Waals surface area contributed by atoms with E-state index in [4.69, 9.17) is 10.5 Å². The van der Waals surface area contributed by atoms with Crippen LogP contribution in [0.4, 0.5) is 11.5 Å². The lowest BCUT2D eigenvalue weighted by Crippen LogP contribution is -2.17. The number of methoxy groups -OCH3 is 1. The zero-order valence-corrected chi connectivity index (χ0v) is 14.3. The molecular formula is C18H15N7O2. The van der Waals surface area contributed by atoms with Crippen LogP contribution in [0, 0.1) is 0 Å². The number of hydrogen-bond acceptors (Lipinski definition) is 7. The van der Waals surface area contributed by atoms with Crippen LogP contribution in [0.2, 0.25) is 0 Å². The van der Waals surface area contributed by atoms with Crippen molar-refractivity contribution in [2.75, 3.05) is 18.2 Å². The van der Waals surface area contributed by atoms with Gasteiger partial charge in [0.05, 0.1) is 30.9 Å². The lowest BCUT2D eigenvalue weighted by atomic mass is 10.2. The lowest BCUT2D eigenvalue weighted by Gasteiger charge is -2.11. The number of aromatic nitrogens is 5. The highest BCUT2D eigenvalue weighted by atomic mass is 16.5. The quantitative estimate of drug-likeness (QED) is 0.508. The normalized spacial score (nSPS) is 10.7. The van der Waals surface area contributed by atoms with E-state index in [1.54, 1.807) is 30.6 Å². The Labute approximate surface area is 153 Å². The van der Waals surface area contributed by atoms with E-state index in [0.717, 1.165) is 5.39 Å². The maximum atomic E-state index is 12.7. The number of benzene rings is 1. The van der Waals surface area contributed by atoms with Crippen molar-refractivity contribution in [3.8, 4) is 17.0 Å². The molecule has 9 heteroatoms. The standard InChI is InChI=1S/C18H15N7O2/c1-27-14-5-3-2-4-12(14)24-18(26)15-16(19)20-9-13(23-15)10-6-11-8-22-25-17(11)21-7-10/h2-9H,1H3,(H2,19,20)(H,24,26)(H,21,22,25). The zero-order valence-electron chi connectivity index (χ0n) is 14.3. The molecule has 1 amide bonds. The van der Waals surface area contributed by atoms with Crippen molar-refractivity contribution in [1.82, 2.24) is 25.1 Å². The van der Waals surface area contributed by atoms with Crippen LogP contribution in [-0.2, 0) is 0 Å². The summed E-state index contributed by atoms with van der Waals surface area (Å²) in [6.07, 6.45) is 4.78. The fourth-order valence-electron chi connectivity index (χ4n) is 2.61. The first-order valence-electron chi connectivity index (χ1n) is 8.02. The second kappa shape index (κ2) is 6.71. The number of carbonyl (C=O) groups excluding carboxylic acids is 1. The second-order valence-electron chi connectivity index (χ2n) is 5.68. The molecule has 0 aliphatic rings. The summed E-state index contributed by atoms with van der Waals surface area (Å²) in [5.41, 5.74) is 8.24. The molecule has 0 radical (unpaired) electrons. The van der Waals surface area contributed by atoms with Crippen molar-refractivity contribution < 1.29 is 9.53 Å². The molecule has 0 fully saturated rings. The summed E-state index contributed by atoms with van der Waals surface area (Å²) in [6.45, 7) is 0. The third-order valence-electron chi connectivity index (χ3n) is 3.96. The van der Waals surface area contributed by atoms with Gasteiger partial charge in [-0.05, 0) is 18.2 Å². The number of anilines is 2. The Morgan fingerprint density at radius 3 is 2.89 bits per heavy atom. The Hall–Kier alpha value is -4.01. The molecule has 0 saturated carbocycles. The minimum absolute atomic E-state index is 0.0192. The molecule has 0 aliphatic carbocycles. The van der Waals surface area contributed by atoms with Gasteiger partial charge in [-0.1, -0.05) is 12.1 Å². The van der Waals surface area contributed by atoms with Crippen LogP contribution >= 0.6 is 0 Å². The average molecular weight is 361 g/mol. The molecule has 4 aromatic rings. The molecule has 3 aromatic heterocycles. The van der Waals surface area contributed by atoms with E-state index in [-0.39, 0.29) is 11.5 Å². The van der Waals surface area contributed by atoms with Crippen LogP contribution in [0.25, 0.3) is 22.3 Å². The third kappa shape index (κ3) is 3.13. The van der Waals surface area contributed by atoms with Gasteiger partial charge in [0.25, 0.3) is 5.91 Å². The van der Waals surface area contributed by atoms with Gasteiger partial charge in [-0.3, -0.25) is 9.89 Å². The fourth-order valence-corrected chi connectivity index (χ4v) is 2.61. The summed E-state index contributed by atoms with van der Waals surface area (Å²) < 4.78 is 5.24. The molecular weight excluding hydrogens is 346 g/mol. The molecule has 4 N–H and O–H groups in total. The van der Waals surface area contributed by atoms with E-state index in [9.17, 15) is 4.79 Å². The van der Waals surface area contributed by atoms with Gasteiger partial charge >= 0.3 is 0 Å². The predicted molar refractivity (Wildman–Crippen MR) is 100 cm³/mol. The largest absolute Gasteiger partial charge is 0.495 e. The number of nitrogen functional groups attached to an aromatic ring is 1. The molecule has 0 aliphatic heterocycles. The smallest absolute Gasteiger partial charge is 0.278 e. The van der Waals surface area contributed by atoms with Crippen LogP contribution < -0.4 is 15.8 Å².